The van der Waals surface area contributed by atoms with Crippen LogP contribution in [0, 0.1) is 18.3 Å². The van der Waals surface area contributed by atoms with E-state index in [0.717, 1.165) is 22.1 Å². The lowest BCUT2D eigenvalue weighted by atomic mass is 10.0. The highest BCUT2D eigenvalue weighted by atomic mass is 16.5. The molecule has 0 aliphatic carbocycles. The molecule has 3 rings (SSSR count). The Balaban J connectivity index is 2.20. The molecule has 0 aliphatic rings. The highest BCUT2D eigenvalue weighted by Gasteiger charge is 2.12. The summed E-state index contributed by atoms with van der Waals surface area (Å²) >= 11 is 0. The molecule has 3 nitrogen and oxygen atoms in total. The Hall–Kier alpha value is -2.99. The van der Waals surface area contributed by atoms with Crippen molar-refractivity contribution in [1.82, 2.24) is 0 Å². The Bertz CT molecular complexity index is 863. The summed E-state index contributed by atoms with van der Waals surface area (Å²) in [7, 11) is 0. The van der Waals surface area contributed by atoms with Gasteiger partial charge in [-0.3, -0.25) is 0 Å². The second-order valence-electron chi connectivity index (χ2n) is 4.86. The predicted molar refractivity (Wildman–Crippen MR) is 84.3 cm³/mol. The molecule has 3 heteroatoms. The second-order valence-corrected chi connectivity index (χ2v) is 4.86. The maximum Gasteiger partial charge on any atom is 0.147 e. The van der Waals surface area contributed by atoms with Crippen molar-refractivity contribution in [1.29, 1.82) is 5.26 Å². The fraction of sp³-hybridized carbons (Fsp3) is 0.0556. The number of para-hydroxylation sites is 1. The second kappa shape index (κ2) is 5.18. The number of aryl methyl sites for hydroxylation is 1. The van der Waals surface area contributed by atoms with Gasteiger partial charge in [0.05, 0.1) is 0 Å². The lowest BCUT2D eigenvalue weighted by molar-refractivity contribution is 0.478. The molecule has 0 unspecified atom stereocenters. The molecule has 0 fully saturated rings. The molecule has 0 heterocycles. The van der Waals surface area contributed by atoms with Crippen molar-refractivity contribution >= 4 is 16.5 Å². The van der Waals surface area contributed by atoms with Crippen LogP contribution in [0.1, 0.15) is 11.1 Å². The number of fused-ring (bicyclic) bond motifs is 1. The first-order valence-corrected chi connectivity index (χ1v) is 6.65. The minimum atomic E-state index is 0.489. The first-order valence-electron chi connectivity index (χ1n) is 6.65. The van der Waals surface area contributed by atoms with E-state index in [4.69, 9.17) is 10.5 Å². The van der Waals surface area contributed by atoms with Crippen LogP contribution in [0.25, 0.3) is 10.8 Å². The van der Waals surface area contributed by atoms with Crippen molar-refractivity contribution < 1.29 is 4.74 Å². The van der Waals surface area contributed by atoms with Crippen molar-refractivity contribution in [3.63, 3.8) is 0 Å². The van der Waals surface area contributed by atoms with Gasteiger partial charge in [-0.25, -0.2) is 0 Å². The smallest absolute Gasteiger partial charge is 0.147 e. The summed E-state index contributed by atoms with van der Waals surface area (Å²) in [6, 6.07) is 19.2. The van der Waals surface area contributed by atoms with E-state index >= 15 is 0 Å². The van der Waals surface area contributed by atoms with Crippen molar-refractivity contribution in [3.8, 4) is 17.6 Å². The van der Waals surface area contributed by atoms with Crippen LogP contribution in [0.4, 0.5) is 5.69 Å². The lowest BCUT2D eigenvalue weighted by Gasteiger charge is -2.13. The number of anilines is 1. The predicted octanol–water partition coefficient (Wildman–Crippen LogP) is 4.39. The molecule has 0 saturated carbocycles. The first-order chi connectivity index (χ1) is 10.2. The summed E-state index contributed by atoms with van der Waals surface area (Å²) in [5.74, 6) is 1.21. The number of hydrogen-bond donors (Lipinski definition) is 1. The van der Waals surface area contributed by atoms with Gasteiger partial charge in [0.15, 0.2) is 0 Å². The van der Waals surface area contributed by atoms with Crippen LogP contribution < -0.4 is 10.5 Å². The first kappa shape index (κ1) is 13.0. The quantitative estimate of drug-likeness (QED) is 0.705. The largest absolute Gasteiger partial charge is 0.456 e. The van der Waals surface area contributed by atoms with Crippen molar-refractivity contribution in [3.05, 3.63) is 65.7 Å². The molecule has 2 N–H and O–H groups in total. The molecule has 21 heavy (non-hydrogen) atoms. The van der Waals surface area contributed by atoms with Gasteiger partial charge in [0.2, 0.25) is 0 Å². The third-order valence-corrected chi connectivity index (χ3v) is 3.47. The zero-order chi connectivity index (χ0) is 14.8. The van der Waals surface area contributed by atoms with Crippen molar-refractivity contribution in [2.75, 3.05) is 5.73 Å². The molecule has 102 valence electrons. The molecule has 0 atom stereocenters. The van der Waals surface area contributed by atoms with Gasteiger partial charge in [0.25, 0.3) is 0 Å². The topological polar surface area (TPSA) is 59.0 Å². The molecule has 0 saturated heterocycles. The third kappa shape index (κ3) is 2.28. The van der Waals surface area contributed by atoms with Crippen LogP contribution in [-0.2, 0) is 0 Å². The van der Waals surface area contributed by atoms with Gasteiger partial charge < -0.3 is 10.5 Å². The molecule has 0 spiro atoms. The minimum absolute atomic E-state index is 0.489. The maximum absolute atomic E-state index is 9.48. The zero-order valence-electron chi connectivity index (χ0n) is 11.6. The Morgan fingerprint density at radius 2 is 1.62 bits per heavy atom. The Labute approximate surface area is 123 Å². The molecule has 0 radical (unpaired) electrons. The van der Waals surface area contributed by atoms with Gasteiger partial charge in [-0.2, -0.15) is 5.26 Å². The number of benzene rings is 3. The summed E-state index contributed by atoms with van der Waals surface area (Å²) in [4.78, 5) is 0. The van der Waals surface area contributed by atoms with E-state index in [-0.39, 0.29) is 0 Å². The zero-order valence-corrected chi connectivity index (χ0v) is 11.6. The third-order valence-electron chi connectivity index (χ3n) is 3.47. The van der Waals surface area contributed by atoms with E-state index in [1.54, 1.807) is 6.07 Å². The summed E-state index contributed by atoms with van der Waals surface area (Å²) in [5, 5.41) is 11.2. The number of ether oxygens (including phenoxy) is 1. The number of nitrogens with two attached hydrogens (primary N) is 1. The van der Waals surface area contributed by atoms with Crippen LogP contribution in [0.2, 0.25) is 0 Å². The van der Waals surface area contributed by atoms with Gasteiger partial charge in [0, 0.05) is 22.5 Å². The molecular weight excluding hydrogens is 260 g/mol. The summed E-state index contributed by atoms with van der Waals surface area (Å²) in [6.07, 6.45) is 0. The number of rotatable bonds is 2. The summed E-state index contributed by atoms with van der Waals surface area (Å²) < 4.78 is 5.92. The van der Waals surface area contributed by atoms with Gasteiger partial charge in [-0.1, -0.05) is 42.5 Å². The van der Waals surface area contributed by atoms with Crippen LogP contribution in [0.5, 0.6) is 11.5 Å². The fourth-order valence-electron chi connectivity index (χ4n) is 2.36. The van der Waals surface area contributed by atoms with E-state index in [9.17, 15) is 5.26 Å². The number of hydrogen-bond acceptors (Lipinski definition) is 3. The number of nitriles is 1. The maximum atomic E-state index is 9.48. The fourth-order valence-corrected chi connectivity index (χ4v) is 2.36. The molecular formula is C18H14N2O. The standard InChI is InChI=1S/C18H14N2O/c1-12-6-2-5-9-17(12)21-18-10-16(20)14-8-4-3-7-13(14)15(18)11-19/h2-10H,20H2,1H3. The average molecular weight is 274 g/mol. The van der Waals surface area contributed by atoms with E-state index in [2.05, 4.69) is 6.07 Å². The lowest BCUT2D eigenvalue weighted by Crippen LogP contribution is -1.95. The monoisotopic (exact) mass is 274 g/mol. The van der Waals surface area contributed by atoms with Gasteiger partial charge >= 0.3 is 0 Å². The normalized spacial score (nSPS) is 10.3. The average Bonchev–Trinajstić information content (AvgIpc) is 2.50. The molecule has 0 bridgehead atoms. The number of nitrogen functional groups attached to an aromatic ring is 1. The summed E-state index contributed by atoms with van der Waals surface area (Å²) in [6.45, 7) is 1.96. The van der Waals surface area contributed by atoms with Crippen LogP contribution >= 0.6 is 0 Å². The SMILES string of the molecule is Cc1ccccc1Oc1cc(N)c2ccccc2c1C#N. The van der Waals surface area contributed by atoms with E-state index in [0.29, 0.717) is 17.0 Å². The Morgan fingerprint density at radius 1 is 0.952 bits per heavy atom. The minimum Gasteiger partial charge on any atom is -0.456 e. The van der Waals surface area contributed by atoms with Gasteiger partial charge in [-0.05, 0) is 18.6 Å². The number of nitrogens with zero attached hydrogens (tertiary/aromatic N) is 1. The highest BCUT2D eigenvalue weighted by Crippen LogP contribution is 2.35. The van der Waals surface area contributed by atoms with E-state index < -0.39 is 0 Å². The van der Waals surface area contributed by atoms with Crippen molar-refractivity contribution in [2.24, 2.45) is 0 Å². The molecule has 3 aromatic carbocycles. The van der Waals surface area contributed by atoms with Gasteiger partial charge in [0.1, 0.15) is 23.1 Å². The van der Waals surface area contributed by atoms with Crippen LogP contribution in [-0.4, -0.2) is 0 Å². The molecule has 3 aromatic rings. The Morgan fingerprint density at radius 3 is 2.33 bits per heavy atom. The molecule has 0 aliphatic heterocycles. The van der Waals surface area contributed by atoms with Crippen LogP contribution in [0.15, 0.2) is 54.6 Å². The molecule has 0 amide bonds. The van der Waals surface area contributed by atoms with Crippen molar-refractivity contribution in [2.45, 2.75) is 6.92 Å². The Kier molecular flexibility index (Phi) is 3.21. The summed E-state index contributed by atoms with van der Waals surface area (Å²) in [5.41, 5.74) is 8.20. The highest BCUT2D eigenvalue weighted by molar-refractivity contribution is 5.98. The van der Waals surface area contributed by atoms with E-state index in [1.165, 1.54) is 0 Å². The van der Waals surface area contributed by atoms with E-state index in [1.807, 2.05) is 55.5 Å². The molecule has 0 aromatic heterocycles. The van der Waals surface area contributed by atoms with Gasteiger partial charge in [-0.15, -0.1) is 0 Å². The van der Waals surface area contributed by atoms with Crippen LogP contribution in [0.3, 0.4) is 0 Å².